The molecule has 0 spiro atoms. The van der Waals surface area contributed by atoms with E-state index in [-0.39, 0.29) is 0 Å². The topological polar surface area (TPSA) is 81.1 Å². The van der Waals surface area contributed by atoms with Crippen molar-refractivity contribution < 1.29 is 4.79 Å². The van der Waals surface area contributed by atoms with Gasteiger partial charge < -0.3 is 16.8 Å². The van der Waals surface area contributed by atoms with Crippen molar-refractivity contribution in [1.82, 2.24) is 0 Å². The number of thiophene rings is 1. The number of benzene rings is 1. The molecule has 1 aromatic heterocycles. The van der Waals surface area contributed by atoms with Crippen LogP contribution in [0.4, 0.5) is 11.4 Å². The Kier molecular flexibility index (Phi) is 3.30. The Hall–Kier alpha value is -2.01. The van der Waals surface area contributed by atoms with Crippen LogP contribution in [0.2, 0.25) is 0 Å². The van der Waals surface area contributed by atoms with Gasteiger partial charge in [0.25, 0.3) is 5.91 Å². The first-order valence-corrected chi connectivity index (χ1v) is 6.00. The normalized spacial score (nSPS) is 10.1. The summed E-state index contributed by atoms with van der Waals surface area (Å²) < 4.78 is 0. The smallest absolute Gasteiger partial charge is 0.250 e. The van der Waals surface area contributed by atoms with Gasteiger partial charge in [0.2, 0.25) is 0 Å². The molecule has 1 amide bonds. The molecule has 4 nitrogen and oxygen atoms in total. The van der Waals surface area contributed by atoms with Crippen LogP contribution in [0.1, 0.15) is 15.2 Å². The van der Waals surface area contributed by atoms with Gasteiger partial charge in [0, 0.05) is 22.8 Å². The molecular formula is C12H13N3OS. The van der Waals surface area contributed by atoms with Gasteiger partial charge in [-0.05, 0) is 29.6 Å². The Morgan fingerprint density at radius 2 is 2.18 bits per heavy atom. The summed E-state index contributed by atoms with van der Waals surface area (Å²) in [6.07, 6.45) is 0. The molecule has 0 bridgehead atoms. The summed E-state index contributed by atoms with van der Waals surface area (Å²) in [6, 6.07) is 9.02. The van der Waals surface area contributed by atoms with E-state index in [0.717, 1.165) is 0 Å². The molecule has 17 heavy (non-hydrogen) atoms. The van der Waals surface area contributed by atoms with Crippen LogP contribution < -0.4 is 16.8 Å². The van der Waals surface area contributed by atoms with Crippen molar-refractivity contribution in [3.8, 4) is 0 Å². The minimum Gasteiger partial charge on any atom is -0.399 e. The molecule has 2 rings (SSSR count). The Morgan fingerprint density at radius 3 is 2.82 bits per heavy atom. The average Bonchev–Trinajstić information content (AvgIpc) is 2.78. The number of nitrogen functional groups attached to an aromatic ring is 1. The van der Waals surface area contributed by atoms with E-state index in [1.165, 1.54) is 4.88 Å². The summed E-state index contributed by atoms with van der Waals surface area (Å²) in [4.78, 5) is 12.4. The molecule has 0 aliphatic carbocycles. The average molecular weight is 247 g/mol. The number of anilines is 2. The number of hydrogen-bond donors (Lipinski definition) is 3. The summed E-state index contributed by atoms with van der Waals surface area (Å²) in [6.45, 7) is 0.654. The molecule has 2 aromatic rings. The van der Waals surface area contributed by atoms with E-state index in [9.17, 15) is 4.79 Å². The first-order chi connectivity index (χ1) is 8.16. The number of nitrogens with two attached hydrogens (primary N) is 2. The van der Waals surface area contributed by atoms with Gasteiger partial charge in [-0.15, -0.1) is 11.3 Å². The first kappa shape index (κ1) is 11.5. The number of rotatable bonds is 4. The summed E-state index contributed by atoms with van der Waals surface area (Å²) in [5.74, 6) is -0.460. The van der Waals surface area contributed by atoms with Gasteiger partial charge in [0.15, 0.2) is 0 Å². The van der Waals surface area contributed by atoms with E-state index in [1.54, 1.807) is 29.5 Å². The fourth-order valence-corrected chi connectivity index (χ4v) is 2.16. The molecule has 5 heteroatoms. The Labute approximate surface area is 103 Å². The Morgan fingerprint density at radius 1 is 1.35 bits per heavy atom. The van der Waals surface area contributed by atoms with Crippen LogP contribution in [0.25, 0.3) is 0 Å². The van der Waals surface area contributed by atoms with Gasteiger partial charge in [-0.3, -0.25) is 4.79 Å². The molecule has 0 fully saturated rings. The van der Waals surface area contributed by atoms with Crippen molar-refractivity contribution in [3.05, 3.63) is 46.2 Å². The van der Waals surface area contributed by atoms with Crippen molar-refractivity contribution in [2.45, 2.75) is 6.54 Å². The molecule has 5 N–H and O–H groups in total. The highest BCUT2D eigenvalue weighted by molar-refractivity contribution is 7.09. The fourth-order valence-electron chi connectivity index (χ4n) is 1.52. The quantitative estimate of drug-likeness (QED) is 0.723. The lowest BCUT2D eigenvalue weighted by Crippen LogP contribution is -2.14. The number of amides is 1. The lowest BCUT2D eigenvalue weighted by Gasteiger charge is -2.10. The van der Waals surface area contributed by atoms with Crippen molar-refractivity contribution >= 4 is 28.6 Å². The monoisotopic (exact) mass is 247 g/mol. The van der Waals surface area contributed by atoms with Crippen LogP contribution in [-0.4, -0.2) is 5.91 Å². The third-order valence-corrected chi connectivity index (χ3v) is 3.22. The van der Waals surface area contributed by atoms with E-state index in [4.69, 9.17) is 11.5 Å². The molecule has 0 unspecified atom stereocenters. The molecule has 88 valence electrons. The molecule has 0 saturated heterocycles. The number of primary amides is 1. The van der Waals surface area contributed by atoms with Crippen molar-refractivity contribution in [1.29, 1.82) is 0 Å². The van der Waals surface area contributed by atoms with Crippen molar-refractivity contribution in [2.75, 3.05) is 11.1 Å². The zero-order valence-electron chi connectivity index (χ0n) is 9.14. The maximum absolute atomic E-state index is 11.2. The summed E-state index contributed by atoms with van der Waals surface area (Å²) in [5.41, 5.74) is 12.7. The van der Waals surface area contributed by atoms with E-state index < -0.39 is 5.91 Å². The minimum absolute atomic E-state index is 0.454. The SMILES string of the molecule is NC(=O)c1ccc(N)cc1NCc1cccs1. The standard InChI is InChI=1S/C12H13N3OS/c13-8-3-4-10(12(14)16)11(6-8)15-7-9-2-1-5-17-9/h1-6,15H,7,13H2,(H2,14,16). The van der Waals surface area contributed by atoms with Crippen LogP contribution in [0.3, 0.4) is 0 Å². The van der Waals surface area contributed by atoms with Gasteiger partial charge in [-0.25, -0.2) is 0 Å². The van der Waals surface area contributed by atoms with Crippen LogP contribution >= 0.6 is 11.3 Å². The summed E-state index contributed by atoms with van der Waals surface area (Å²) in [5, 5.41) is 5.17. The second kappa shape index (κ2) is 4.88. The van der Waals surface area contributed by atoms with Gasteiger partial charge in [-0.2, -0.15) is 0 Å². The zero-order chi connectivity index (χ0) is 12.3. The van der Waals surface area contributed by atoms with Gasteiger partial charge >= 0.3 is 0 Å². The lowest BCUT2D eigenvalue weighted by molar-refractivity contribution is 0.100. The van der Waals surface area contributed by atoms with E-state index >= 15 is 0 Å². The molecule has 0 aliphatic rings. The zero-order valence-corrected chi connectivity index (χ0v) is 9.96. The number of carbonyl (C=O) groups excluding carboxylic acids is 1. The Balaban J connectivity index is 2.19. The largest absolute Gasteiger partial charge is 0.399 e. The maximum atomic E-state index is 11.2. The predicted octanol–water partition coefficient (Wildman–Crippen LogP) is 2.04. The van der Waals surface area contributed by atoms with E-state index in [0.29, 0.717) is 23.5 Å². The second-order valence-corrected chi connectivity index (χ2v) is 4.63. The van der Waals surface area contributed by atoms with Crippen LogP contribution in [-0.2, 0) is 6.54 Å². The summed E-state index contributed by atoms with van der Waals surface area (Å²) in [7, 11) is 0. The van der Waals surface area contributed by atoms with Crippen molar-refractivity contribution in [3.63, 3.8) is 0 Å². The second-order valence-electron chi connectivity index (χ2n) is 3.60. The maximum Gasteiger partial charge on any atom is 0.250 e. The predicted molar refractivity (Wildman–Crippen MR) is 71.0 cm³/mol. The van der Waals surface area contributed by atoms with Gasteiger partial charge in [0.05, 0.1) is 5.56 Å². The van der Waals surface area contributed by atoms with Crippen LogP contribution in [0.5, 0.6) is 0 Å². The Bertz CT molecular complexity index is 523. The van der Waals surface area contributed by atoms with E-state index in [1.807, 2.05) is 17.5 Å². The van der Waals surface area contributed by atoms with Crippen LogP contribution in [0.15, 0.2) is 35.7 Å². The third-order valence-electron chi connectivity index (χ3n) is 2.34. The molecule has 0 saturated carbocycles. The minimum atomic E-state index is -0.460. The molecule has 0 radical (unpaired) electrons. The highest BCUT2D eigenvalue weighted by atomic mass is 32.1. The highest BCUT2D eigenvalue weighted by Crippen LogP contribution is 2.20. The first-order valence-electron chi connectivity index (χ1n) is 5.12. The molecular weight excluding hydrogens is 234 g/mol. The molecule has 0 aliphatic heterocycles. The fraction of sp³-hybridized carbons (Fsp3) is 0.0833. The molecule has 0 atom stereocenters. The summed E-state index contributed by atoms with van der Waals surface area (Å²) >= 11 is 1.65. The number of hydrogen-bond acceptors (Lipinski definition) is 4. The third kappa shape index (κ3) is 2.76. The van der Waals surface area contributed by atoms with E-state index in [2.05, 4.69) is 5.32 Å². The van der Waals surface area contributed by atoms with Crippen LogP contribution in [0, 0.1) is 0 Å². The number of nitrogens with one attached hydrogen (secondary N) is 1. The lowest BCUT2D eigenvalue weighted by atomic mass is 10.1. The van der Waals surface area contributed by atoms with Crippen molar-refractivity contribution in [2.24, 2.45) is 5.73 Å². The van der Waals surface area contributed by atoms with Gasteiger partial charge in [0.1, 0.15) is 0 Å². The molecule has 1 aromatic carbocycles. The van der Waals surface area contributed by atoms with Gasteiger partial charge in [-0.1, -0.05) is 6.07 Å². The highest BCUT2D eigenvalue weighted by Gasteiger charge is 2.08. The number of carbonyl (C=O) groups is 1. The molecule has 1 heterocycles.